The van der Waals surface area contributed by atoms with Gasteiger partial charge in [0.15, 0.2) is 0 Å². The van der Waals surface area contributed by atoms with Crippen molar-refractivity contribution in [2.45, 2.75) is 57.2 Å². The Bertz CT molecular complexity index is 490. The third-order valence-electron chi connectivity index (χ3n) is 4.63. The first-order chi connectivity index (χ1) is 9.79. The van der Waals surface area contributed by atoms with Gasteiger partial charge in [-0.25, -0.2) is 0 Å². The summed E-state index contributed by atoms with van der Waals surface area (Å²) in [7, 11) is 0. The van der Waals surface area contributed by atoms with Gasteiger partial charge in [0.2, 0.25) is 0 Å². The van der Waals surface area contributed by atoms with E-state index in [0.717, 1.165) is 29.6 Å². The SMILES string of the molecule is Clc1cc(CNC2CC2)ccc1N(CC1CC1)C1CC1. The first-order valence-electron chi connectivity index (χ1n) is 8.08. The standard InChI is InChI=1S/C17H23ClN2/c18-16-9-13(10-19-14-4-5-14)3-8-17(16)20(15-6-7-15)11-12-1-2-12/h3,8-9,12,14-15,19H,1-2,4-7,10-11H2. The van der Waals surface area contributed by atoms with Crippen LogP contribution >= 0.6 is 11.6 Å². The van der Waals surface area contributed by atoms with Crippen molar-refractivity contribution in [3.63, 3.8) is 0 Å². The van der Waals surface area contributed by atoms with Crippen molar-refractivity contribution in [3.05, 3.63) is 28.8 Å². The van der Waals surface area contributed by atoms with Gasteiger partial charge in [0.1, 0.15) is 0 Å². The van der Waals surface area contributed by atoms with Crippen LogP contribution in [0.3, 0.4) is 0 Å². The lowest BCUT2D eigenvalue weighted by Crippen LogP contribution is -2.28. The molecular formula is C17H23ClN2. The molecule has 0 amide bonds. The third kappa shape index (κ3) is 3.12. The highest BCUT2D eigenvalue weighted by Gasteiger charge is 2.34. The number of nitrogens with one attached hydrogen (secondary N) is 1. The van der Waals surface area contributed by atoms with E-state index in [0.29, 0.717) is 0 Å². The summed E-state index contributed by atoms with van der Waals surface area (Å²) in [5, 5.41) is 4.49. The third-order valence-corrected chi connectivity index (χ3v) is 4.94. The Balaban J connectivity index is 1.47. The van der Waals surface area contributed by atoms with Gasteiger partial charge >= 0.3 is 0 Å². The monoisotopic (exact) mass is 290 g/mol. The Kier molecular flexibility index (Phi) is 3.39. The van der Waals surface area contributed by atoms with Crippen molar-refractivity contribution in [2.75, 3.05) is 11.4 Å². The summed E-state index contributed by atoms with van der Waals surface area (Å²) < 4.78 is 0. The number of anilines is 1. The summed E-state index contributed by atoms with van der Waals surface area (Å²) in [6.07, 6.45) is 8.17. The molecule has 1 aromatic carbocycles. The fraction of sp³-hybridized carbons (Fsp3) is 0.647. The minimum Gasteiger partial charge on any atom is -0.367 e. The van der Waals surface area contributed by atoms with Gasteiger partial charge in [0.05, 0.1) is 10.7 Å². The molecule has 0 heterocycles. The second-order valence-corrected chi connectivity index (χ2v) is 7.18. The Morgan fingerprint density at radius 3 is 2.50 bits per heavy atom. The molecule has 1 aromatic rings. The van der Waals surface area contributed by atoms with Gasteiger partial charge in [-0.15, -0.1) is 0 Å². The van der Waals surface area contributed by atoms with E-state index in [2.05, 4.69) is 28.4 Å². The lowest BCUT2D eigenvalue weighted by Gasteiger charge is -2.26. The first-order valence-corrected chi connectivity index (χ1v) is 8.46. The summed E-state index contributed by atoms with van der Waals surface area (Å²) in [6, 6.07) is 8.16. The molecule has 3 saturated carbocycles. The Morgan fingerprint density at radius 2 is 1.90 bits per heavy atom. The van der Waals surface area contributed by atoms with E-state index < -0.39 is 0 Å². The van der Waals surface area contributed by atoms with E-state index in [-0.39, 0.29) is 0 Å². The largest absolute Gasteiger partial charge is 0.367 e. The predicted octanol–water partition coefficient (Wildman–Crippen LogP) is 3.97. The molecular weight excluding hydrogens is 268 g/mol. The molecule has 3 aliphatic rings. The fourth-order valence-corrected chi connectivity index (χ4v) is 3.16. The van der Waals surface area contributed by atoms with Crippen molar-refractivity contribution in [1.82, 2.24) is 5.32 Å². The molecule has 0 saturated heterocycles. The Labute approximate surface area is 126 Å². The molecule has 0 unspecified atom stereocenters. The van der Waals surface area contributed by atoms with Crippen molar-refractivity contribution < 1.29 is 0 Å². The van der Waals surface area contributed by atoms with Crippen molar-refractivity contribution >= 4 is 17.3 Å². The van der Waals surface area contributed by atoms with Gasteiger partial charge in [-0.1, -0.05) is 17.7 Å². The molecule has 3 heteroatoms. The highest BCUT2D eigenvalue weighted by Crippen LogP contribution is 2.40. The normalized spacial score (nSPS) is 22.1. The van der Waals surface area contributed by atoms with E-state index in [4.69, 9.17) is 11.6 Å². The van der Waals surface area contributed by atoms with Crippen LogP contribution in [0.25, 0.3) is 0 Å². The summed E-state index contributed by atoms with van der Waals surface area (Å²) in [5.41, 5.74) is 2.57. The number of rotatable bonds is 7. The Morgan fingerprint density at radius 1 is 1.10 bits per heavy atom. The minimum absolute atomic E-state index is 0.753. The van der Waals surface area contributed by atoms with E-state index in [1.807, 2.05) is 0 Å². The van der Waals surface area contributed by atoms with Gasteiger partial charge in [-0.2, -0.15) is 0 Å². The zero-order chi connectivity index (χ0) is 13.5. The quantitative estimate of drug-likeness (QED) is 0.817. The summed E-state index contributed by atoms with van der Waals surface area (Å²) in [5.74, 6) is 0.919. The van der Waals surface area contributed by atoms with Crippen LogP contribution in [0.4, 0.5) is 5.69 Å². The van der Waals surface area contributed by atoms with Crippen LogP contribution < -0.4 is 10.2 Å². The number of hydrogen-bond acceptors (Lipinski definition) is 2. The van der Waals surface area contributed by atoms with Crippen LogP contribution in [0.15, 0.2) is 18.2 Å². The maximum atomic E-state index is 6.56. The fourth-order valence-electron chi connectivity index (χ4n) is 2.85. The summed E-state index contributed by atoms with van der Waals surface area (Å²) in [6.45, 7) is 2.17. The van der Waals surface area contributed by atoms with Crippen LogP contribution in [0.1, 0.15) is 44.1 Å². The highest BCUT2D eigenvalue weighted by molar-refractivity contribution is 6.33. The van der Waals surface area contributed by atoms with Gasteiger partial charge in [-0.05, 0) is 62.1 Å². The molecule has 0 radical (unpaired) electrons. The van der Waals surface area contributed by atoms with Gasteiger partial charge in [0.25, 0.3) is 0 Å². The van der Waals surface area contributed by atoms with Crippen LogP contribution in [0.5, 0.6) is 0 Å². The molecule has 0 bridgehead atoms. The van der Waals surface area contributed by atoms with Crippen LogP contribution in [0, 0.1) is 5.92 Å². The summed E-state index contributed by atoms with van der Waals surface area (Å²) in [4.78, 5) is 2.57. The summed E-state index contributed by atoms with van der Waals surface area (Å²) >= 11 is 6.56. The van der Waals surface area contributed by atoms with Gasteiger partial charge in [-0.3, -0.25) is 0 Å². The molecule has 3 aliphatic carbocycles. The molecule has 0 aliphatic heterocycles. The van der Waals surface area contributed by atoms with Crippen molar-refractivity contribution in [2.24, 2.45) is 5.92 Å². The zero-order valence-corrected chi connectivity index (χ0v) is 12.7. The molecule has 20 heavy (non-hydrogen) atoms. The topological polar surface area (TPSA) is 15.3 Å². The maximum absolute atomic E-state index is 6.56. The average Bonchev–Trinajstić information content (AvgIpc) is 3.24. The minimum atomic E-state index is 0.753. The highest BCUT2D eigenvalue weighted by atomic mass is 35.5. The van der Waals surface area contributed by atoms with Crippen LogP contribution in [-0.2, 0) is 6.54 Å². The molecule has 0 spiro atoms. The molecule has 4 rings (SSSR count). The first kappa shape index (κ1) is 13.0. The van der Waals surface area contributed by atoms with Crippen LogP contribution in [-0.4, -0.2) is 18.6 Å². The lowest BCUT2D eigenvalue weighted by molar-refractivity contribution is 0.687. The number of benzene rings is 1. The second kappa shape index (κ2) is 5.23. The predicted molar refractivity (Wildman–Crippen MR) is 84.4 cm³/mol. The zero-order valence-electron chi connectivity index (χ0n) is 11.9. The van der Waals surface area contributed by atoms with Crippen molar-refractivity contribution in [3.8, 4) is 0 Å². The molecule has 0 atom stereocenters. The van der Waals surface area contributed by atoms with Crippen LogP contribution in [0.2, 0.25) is 5.02 Å². The maximum Gasteiger partial charge on any atom is 0.0642 e. The smallest absolute Gasteiger partial charge is 0.0642 e. The molecule has 0 aromatic heterocycles. The number of nitrogens with zero attached hydrogens (tertiary/aromatic N) is 1. The van der Waals surface area contributed by atoms with E-state index in [1.165, 1.54) is 56.3 Å². The van der Waals surface area contributed by atoms with E-state index in [9.17, 15) is 0 Å². The molecule has 2 nitrogen and oxygen atoms in total. The molecule has 108 valence electrons. The number of halogens is 1. The molecule has 3 fully saturated rings. The molecule has 1 N–H and O–H groups in total. The van der Waals surface area contributed by atoms with E-state index in [1.54, 1.807) is 0 Å². The van der Waals surface area contributed by atoms with Gasteiger partial charge in [0, 0.05) is 25.2 Å². The van der Waals surface area contributed by atoms with Crippen molar-refractivity contribution in [1.29, 1.82) is 0 Å². The lowest BCUT2D eigenvalue weighted by atomic mass is 10.1. The van der Waals surface area contributed by atoms with E-state index >= 15 is 0 Å². The second-order valence-electron chi connectivity index (χ2n) is 6.77. The van der Waals surface area contributed by atoms with Gasteiger partial charge < -0.3 is 10.2 Å². The number of hydrogen-bond donors (Lipinski definition) is 1. The Hall–Kier alpha value is -0.730. The average molecular weight is 291 g/mol.